The van der Waals surface area contributed by atoms with Crippen LogP contribution >= 0.6 is 11.6 Å². The van der Waals surface area contributed by atoms with Crippen LogP contribution in [0.3, 0.4) is 0 Å². The summed E-state index contributed by atoms with van der Waals surface area (Å²) in [5.41, 5.74) is 1.21. The Labute approximate surface area is 109 Å². The fraction of sp³-hybridized carbons (Fsp3) is 0.571. The smallest absolute Gasteiger partial charge is 0.122 e. The van der Waals surface area contributed by atoms with E-state index in [1.165, 1.54) is 5.56 Å². The Bertz CT molecular complexity index is 328. The van der Waals surface area contributed by atoms with Crippen molar-refractivity contribution >= 4 is 11.6 Å². The van der Waals surface area contributed by atoms with Crippen LogP contribution in [-0.2, 0) is 11.2 Å². The van der Waals surface area contributed by atoms with E-state index in [0.717, 1.165) is 18.8 Å². The van der Waals surface area contributed by atoms with Gasteiger partial charge in [0.2, 0.25) is 0 Å². The molecule has 17 heavy (non-hydrogen) atoms. The molecule has 0 saturated carbocycles. The molecule has 0 spiro atoms. The first-order valence-corrected chi connectivity index (χ1v) is 6.43. The van der Waals surface area contributed by atoms with Gasteiger partial charge in [-0.3, -0.25) is 0 Å². The minimum Gasteiger partial charge on any atom is -0.496 e. The van der Waals surface area contributed by atoms with Crippen molar-refractivity contribution < 1.29 is 9.47 Å². The Hall–Kier alpha value is -0.730. The molecule has 0 aliphatic heterocycles. The third kappa shape index (κ3) is 4.21. The van der Waals surface area contributed by atoms with Gasteiger partial charge in [0, 0.05) is 19.6 Å². The monoisotopic (exact) mass is 256 g/mol. The van der Waals surface area contributed by atoms with E-state index < -0.39 is 0 Å². The summed E-state index contributed by atoms with van der Waals surface area (Å²) in [5, 5.41) is 0. The highest BCUT2D eigenvalue weighted by atomic mass is 35.5. The first-order chi connectivity index (χ1) is 8.22. The molecule has 0 radical (unpaired) electrons. The Kier molecular flexibility index (Phi) is 6.38. The quantitative estimate of drug-likeness (QED) is 0.697. The zero-order valence-corrected chi connectivity index (χ0v) is 11.5. The van der Waals surface area contributed by atoms with Gasteiger partial charge in [-0.2, -0.15) is 0 Å². The second-order valence-electron chi connectivity index (χ2n) is 4.36. The van der Waals surface area contributed by atoms with E-state index >= 15 is 0 Å². The molecule has 0 aliphatic rings. The van der Waals surface area contributed by atoms with Gasteiger partial charge in [-0.05, 0) is 29.9 Å². The molecule has 0 aliphatic carbocycles. The minimum absolute atomic E-state index is 0.410. The summed E-state index contributed by atoms with van der Waals surface area (Å²) in [4.78, 5) is 0. The van der Waals surface area contributed by atoms with E-state index in [4.69, 9.17) is 21.1 Å². The minimum atomic E-state index is 0.410. The van der Waals surface area contributed by atoms with Crippen molar-refractivity contribution in [2.75, 3.05) is 26.7 Å². The maximum Gasteiger partial charge on any atom is 0.122 e. The zero-order valence-electron chi connectivity index (χ0n) is 10.8. The maximum atomic E-state index is 6.05. The van der Waals surface area contributed by atoms with Crippen LogP contribution in [0.25, 0.3) is 0 Å². The van der Waals surface area contributed by atoms with Crippen molar-refractivity contribution in [3.05, 3.63) is 29.8 Å². The third-order valence-electron chi connectivity index (χ3n) is 3.11. The van der Waals surface area contributed by atoms with Crippen LogP contribution in [0, 0.1) is 11.8 Å². The lowest BCUT2D eigenvalue weighted by Crippen LogP contribution is -2.20. The number of methoxy groups -OCH3 is 2. The Morgan fingerprint density at radius 1 is 1.24 bits per heavy atom. The molecule has 2 unspecified atom stereocenters. The van der Waals surface area contributed by atoms with Crippen molar-refractivity contribution in [1.82, 2.24) is 0 Å². The van der Waals surface area contributed by atoms with Gasteiger partial charge in [-0.25, -0.2) is 0 Å². The van der Waals surface area contributed by atoms with Gasteiger partial charge in [0.25, 0.3) is 0 Å². The van der Waals surface area contributed by atoms with Gasteiger partial charge >= 0.3 is 0 Å². The molecule has 0 fully saturated rings. The standard InChI is InChI=1S/C14H21ClO2/c1-11(10-16-2)13(9-15)8-12-6-4-5-7-14(12)17-3/h4-7,11,13H,8-10H2,1-3H3. The van der Waals surface area contributed by atoms with Gasteiger partial charge in [-0.15, -0.1) is 11.6 Å². The van der Waals surface area contributed by atoms with Crippen molar-refractivity contribution in [3.63, 3.8) is 0 Å². The Morgan fingerprint density at radius 2 is 1.94 bits per heavy atom. The number of hydrogen-bond acceptors (Lipinski definition) is 2. The molecule has 2 nitrogen and oxygen atoms in total. The molecule has 0 heterocycles. The zero-order chi connectivity index (χ0) is 12.7. The maximum absolute atomic E-state index is 6.05. The van der Waals surface area contributed by atoms with E-state index in [0.29, 0.717) is 17.7 Å². The number of benzene rings is 1. The highest BCUT2D eigenvalue weighted by molar-refractivity contribution is 6.18. The molecular weight excluding hydrogens is 236 g/mol. The van der Waals surface area contributed by atoms with Crippen LogP contribution in [0.2, 0.25) is 0 Å². The van der Waals surface area contributed by atoms with Crippen LogP contribution < -0.4 is 4.74 Å². The fourth-order valence-electron chi connectivity index (χ4n) is 1.96. The summed E-state index contributed by atoms with van der Waals surface area (Å²) in [5.74, 6) is 2.44. The summed E-state index contributed by atoms with van der Waals surface area (Å²) in [6.07, 6.45) is 0.929. The first-order valence-electron chi connectivity index (χ1n) is 5.89. The van der Waals surface area contributed by atoms with E-state index in [9.17, 15) is 0 Å². The van der Waals surface area contributed by atoms with Gasteiger partial charge in [0.1, 0.15) is 5.75 Å². The number of para-hydroxylation sites is 1. The summed E-state index contributed by atoms with van der Waals surface area (Å²) >= 11 is 6.05. The summed E-state index contributed by atoms with van der Waals surface area (Å²) in [6, 6.07) is 8.10. The molecule has 96 valence electrons. The highest BCUT2D eigenvalue weighted by Crippen LogP contribution is 2.25. The van der Waals surface area contributed by atoms with Crippen LogP contribution in [0.15, 0.2) is 24.3 Å². The SMILES string of the molecule is COCC(C)C(CCl)Cc1ccccc1OC. The van der Waals surface area contributed by atoms with Crippen LogP contribution in [0.4, 0.5) is 0 Å². The lowest BCUT2D eigenvalue weighted by atomic mass is 9.89. The van der Waals surface area contributed by atoms with Gasteiger partial charge in [-0.1, -0.05) is 25.1 Å². The first kappa shape index (κ1) is 14.3. The molecule has 0 N–H and O–H groups in total. The number of rotatable bonds is 7. The molecule has 0 saturated heterocycles. The summed E-state index contributed by atoms with van der Waals surface area (Å²) in [6.45, 7) is 2.92. The van der Waals surface area contributed by atoms with Crippen LogP contribution in [0.1, 0.15) is 12.5 Å². The fourth-order valence-corrected chi connectivity index (χ4v) is 2.37. The molecule has 3 heteroatoms. The largest absolute Gasteiger partial charge is 0.496 e. The van der Waals surface area contributed by atoms with Crippen molar-refractivity contribution in [2.45, 2.75) is 13.3 Å². The molecule has 0 bridgehead atoms. The second kappa shape index (κ2) is 7.57. The third-order valence-corrected chi connectivity index (χ3v) is 3.50. The molecule has 1 rings (SSSR count). The van der Waals surface area contributed by atoms with E-state index in [1.54, 1.807) is 14.2 Å². The van der Waals surface area contributed by atoms with Crippen molar-refractivity contribution in [3.8, 4) is 5.75 Å². The Morgan fingerprint density at radius 3 is 2.53 bits per heavy atom. The van der Waals surface area contributed by atoms with Crippen molar-refractivity contribution in [1.29, 1.82) is 0 Å². The predicted octanol–water partition coefficient (Wildman–Crippen LogP) is 3.38. The molecular formula is C14H21ClO2. The average molecular weight is 257 g/mol. The highest BCUT2D eigenvalue weighted by Gasteiger charge is 2.18. The van der Waals surface area contributed by atoms with E-state index in [-0.39, 0.29) is 0 Å². The lowest BCUT2D eigenvalue weighted by molar-refractivity contribution is 0.134. The number of ether oxygens (including phenoxy) is 2. The average Bonchev–Trinajstić information content (AvgIpc) is 2.36. The van der Waals surface area contributed by atoms with E-state index in [1.807, 2.05) is 18.2 Å². The summed E-state index contributed by atoms with van der Waals surface area (Å²) < 4.78 is 10.5. The number of halogens is 1. The molecule has 2 atom stereocenters. The van der Waals surface area contributed by atoms with Crippen LogP contribution in [0.5, 0.6) is 5.75 Å². The molecule has 1 aromatic rings. The topological polar surface area (TPSA) is 18.5 Å². The lowest BCUT2D eigenvalue weighted by Gasteiger charge is -2.22. The second-order valence-corrected chi connectivity index (χ2v) is 4.67. The Balaban J connectivity index is 2.73. The van der Waals surface area contributed by atoms with Gasteiger partial charge < -0.3 is 9.47 Å². The normalized spacial score (nSPS) is 14.4. The van der Waals surface area contributed by atoms with E-state index in [2.05, 4.69) is 13.0 Å². The molecule has 0 amide bonds. The van der Waals surface area contributed by atoms with Gasteiger partial charge in [0.05, 0.1) is 7.11 Å². The predicted molar refractivity (Wildman–Crippen MR) is 71.9 cm³/mol. The molecule has 0 aromatic heterocycles. The molecule has 1 aromatic carbocycles. The van der Waals surface area contributed by atoms with Gasteiger partial charge in [0.15, 0.2) is 0 Å². The van der Waals surface area contributed by atoms with Crippen LogP contribution in [-0.4, -0.2) is 26.7 Å². The number of hydrogen-bond donors (Lipinski definition) is 0. The van der Waals surface area contributed by atoms with Crippen molar-refractivity contribution in [2.24, 2.45) is 11.8 Å². The summed E-state index contributed by atoms with van der Waals surface area (Å²) in [7, 11) is 3.43. The number of alkyl halides is 1.